The van der Waals surface area contributed by atoms with Crippen molar-refractivity contribution in [3.63, 3.8) is 0 Å². The van der Waals surface area contributed by atoms with E-state index in [9.17, 15) is 14.9 Å². The zero-order valence-electron chi connectivity index (χ0n) is 21.6. The molecule has 1 saturated heterocycles. The van der Waals surface area contributed by atoms with E-state index >= 15 is 0 Å². The molecule has 2 aromatic heterocycles. The minimum Gasteiger partial charge on any atom is -0.493 e. The number of fused-ring (bicyclic) bond motifs is 1. The molecule has 0 bridgehead atoms. The Balaban J connectivity index is 1.81. The van der Waals surface area contributed by atoms with Crippen molar-refractivity contribution in [3.8, 4) is 34.4 Å². The molecule has 1 aliphatic rings. The maximum Gasteiger partial charge on any atom is 0.309 e. The quantitative estimate of drug-likeness (QED) is 0.425. The number of nitriles is 1. The highest BCUT2D eigenvalue weighted by molar-refractivity contribution is 7.21. The predicted molar refractivity (Wildman–Crippen MR) is 144 cm³/mol. The van der Waals surface area contributed by atoms with Crippen LogP contribution in [0.3, 0.4) is 0 Å². The van der Waals surface area contributed by atoms with Crippen LogP contribution in [0.5, 0.6) is 17.2 Å². The molecule has 1 aliphatic heterocycles. The molecule has 1 aromatic carbocycles. The van der Waals surface area contributed by atoms with Gasteiger partial charge in [-0.1, -0.05) is 0 Å². The fourth-order valence-electron chi connectivity index (χ4n) is 4.68. The molecule has 11 nitrogen and oxygen atoms in total. The van der Waals surface area contributed by atoms with Crippen LogP contribution in [-0.4, -0.2) is 62.8 Å². The number of benzene rings is 1. The van der Waals surface area contributed by atoms with Crippen LogP contribution < -0.4 is 25.7 Å². The van der Waals surface area contributed by atoms with Crippen LogP contribution in [0.2, 0.25) is 0 Å². The first-order valence-corrected chi connectivity index (χ1v) is 12.8. The largest absolute Gasteiger partial charge is 0.493 e. The summed E-state index contributed by atoms with van der Waals surface area (Å²) < 4.78 is 21.5. The summed E-state index contributed by atoms with van der Waals surface area (Å²) in [6.07, 6.45) is 1.02. The van der Waals surface area contributed by atoms with Gasteiger partial charge in [0.25, 0.3) is 5.91 Å². The second kappa shape index (κ2) is 11.0. The minimum atomic E-state index is -0.263. The summed E-state index contributed by atoms with van der Waals surface area (Å²) in [6.45, 7) is 2.89. The first kappa shape index (κ1) is 26.8. The number of carbonyl (C=O) groups excluding carboxylic acids is 2. The zero-order valence-corrected chi connectivity index (χ0v) is 22.4. The molecule has 4 N–H and O–H groups in total. The highest BCUT2D eigenvalue weighted by atomic mass is 32.1. The van der Waals surface area contributed by atoms with Gasteiger partial charge in [-0.05, 0) is 37.5 Å². The lowest BCUT2D eigenvalue weighted by atomic mass is 9.95. The highest BCUT2D eigenvalue weighted by Crippen LogP contribution is 2.47. The molecule has 3 heterocycles. The maximum absolute atomic E-state index is 13.5. The van der Waals surface area contributed by atoms with Gasteiger partial charge in [-0.3, -0.25) is 9.59 Å². The molecule has 38 heavy (non-hydrogen) atoms. The smallest absolute Gasteiger partial charge is 0.309 e. The lowest BCUT2D eigenvalue weighted by molar-refractivity contribution is -0.149. The lowest BCUT2D eigenvalue weighted by Crippen LogP contribution is -2.40. The summed E-state index contributed by atoms with van der Waals surface area (Å²) in [7, 11) is 4.47. The minimum absolute atomic E-state index is 0.0132. The summed E-state index contributed by atoms with van der Waals surface area (Å²) >= 11 is 1.12. The number of esters is 1. The fourth-order valence-corrected chi connectivity index (χ4v) is 5.76. The van der Waals surface area contributed by atoms with E-state index in [0.717, 1.165) is 11.3 Å². The van der Waals surface area contributed by atoms with E-state index in [1.165, 1.54) is 21.3 Å². The predicted octanol–water partition coefficient (Wildman–Crippen LogP) is 3.44. The van der Waals surface area contributed by atoms with Crippen LogP contribution in [0.25, 0.3) is 21.3 Å². The van der Waals surface area contributed by atoms with Gasteiger partial charge in [0.2, 0.25) is 5.75 Å². The van der Waals surface area contributed by atoms with Gasteiger partial charge in [-0.25, -0.2) is 4.98 Å². The molecule has 0 atom stereocenters. The average molecular weight is 540 g/mol. The Labute approximate surface area is 223 Å². The van der Waals surface area contributed by atoms with Gasteiger partial charge >= 0.3 is 5.97 Å². The molecule has 0 radical (unpaired) electrons. The van der Waals surface area contributed by atoms with Crippen LogP contribution in [0.15, 0.2) is 12.1 Å². The Bertz CT molecular complexity index is 1410. The van der Waals surface area contributed by atoms with Gasteiger partial charge in [0.05, 0.1) is 39.5 Å². The van der Waals surface area contributed by atoms with E-state index in [-0.39, 0.29) is 34.9 Å². The molecule has 3 aromatic rings. The molecule has 4 rings (SSSR count). The summed E-state index contributed by atoms with van der Waals surface area (Å²) in [5.74, 6) is 0.424. The van der Waals surface area contributed by atoms with Crippen molar-refractivity contribution in [2.75, 3.05) is 52.5 Å². The van der Waals surface area contributed by atoms with Crippen LogP contribution in [0.1, 0.15) is 35.0 Å². The van der Waals surface area contributed by atoms with Crippen LogP contribution >= 0.6 is 11.3 Å². The van der Waals surface area contributed by atoms with E-state index in [4.69, 9.17) is 30.4 Å². The number of likely N-dealkylation sites (tertiary alicyclic amines) is 1. The summed E-state index contributed by atoms with van der Waals surface area (Å²) in [6, 6.07) is 5.50. The second-order valence-corrected chi connectivity index (χ2v) is 9.62. The van der Waals surface area contributed by atoms with Crippen LogP contribution in [0.4, 0.5) is 11.5 Å². The summed E-state index contributed by atoms with van der Waals surface area (Å²) in [5, 5.41) is 10.4. The molecule has 200 valence electrons. The average Bonchev–Trinajstić information content (AvgIpc) is 3.26. The molecule has 1 fully saturated rings. The molecular formula is C26H29N5O6S. The number of aromatic nitrogens is 1. The number of rotatable bonds is 7. The Hall–Kier alpha value is -4.24. The Kier molecular flexibility index (Phi) is 7.78. The van der Waals surface area contributed by atoms with Crippen molar-refractivity contribution in [3.05, 3.63) is 22.6 Å². The van der Waals surface area contributed by atoms with Crippen molar-refractivity contribution in [2.45, 2.75) is 19.8 Å². The zero-order chi connectivity index (χ0) is 27.6. The SMILES string of the molecule is CCOC(=O)C1CCN(C(=O)c2sc3nc(N)c(C#N)c(-c4cc(OC)c(OC)c(OC)c4)c3c2N)CC1. The first-order valence-electron chi connectivity index (χ1n) is 12.0. The van der Waals surface area contributed by atoms with Gasteiger partial charge < -0.3 is 35.3 Å². The third kappa shape index (κ3) is 4.61. The number of hydrogen-bond acceptors (Lipinski definition) is 11. The van der Waals surface area contributed by atoms with Crippen molar-refractivity contribution in [2.24, 2.45) is 5.92 Å². The maximum atomic E-state index is 13.5. The molecule has 0 aliphatic carbocycles. The van der Waals surface area contributed by atoms with Gasteiger partial charge in [0.1, 0.15) is 27.2 Å². The van der Waals surface area contributed by atoms with Gasteiger partial charge in [-0.2, -0.15) is 5.26 Å². The summed E-state index contributed by atoms with van der Waals surface area (Å²) in [5.41, 5.74) is 14.0. The van der Waals surface area contributed by atoms with Crippen molar-refractivity contribution < 1.29 is 28.5 Å². The number of hydrogen-bond donors (Lipinski definition) is 2. The number of amides is 1. The molecular weight excluding hydrogens is 510 g/mol. The molecule has 0 unspecified atom stereocenters. The highest BCUT2D eigenvalue weighted by Gasteiger charge is 2.32. The van der Waals surface area contributed by atoms with Crippen molar-refractivity contribution >= 4 is 44.9 Å². The number of thiophene rings is 1. The van der Waals surface area contributed by atoms with E-state index in [2.05, 4.69) is 11.1 Å². The number of carbonyl (C=O) groups is 2. The number of methoxy groups -OCH3 is 3. The van der Waals surface area contributed by atoms with Gasteiger partial charge in [0, 0.05) is 24.0 Å². The standard InChI is InChI=1S/C26H29N5O6S/c1-5-37-26(33)13-6-8-31(9-7-13)25(32)22-20(28)19-18(15(12-27)23(29)30-24(19)38-22)14-10-16(34-2)21(36-4)17(11-14)35-3/h10-11,13H,5-9,28H2,1-4H3,(H2,29,30). The molecule has 1 amide bonds. The third-order valence-electron chi connectivity index (χ3n) is 6.57. The lowest BCUT2D eigenvalue weighted by Gasteiger charge is -2.30. The van der Waals surface area contributed by atoms with E-state index in [0.29, 0.717) is 76.0 Å². The van der Waals surface area contributed by atoms with E-state index < -0.39 is 0 Å². The molecule has 12 heteroatoms. The second-order valence-electron chi connectivity index (χ2n) is 8.62. The third-order valence-corrected chi connectivity index (χ3v) is 7.65. The number of anilines is 2. The number of nitrogen functional groups attached to an aromatic ring is 2. The number of nitrogens with two attached hydrogens (primary N) is 2. The fraction of sp³-hybridized carbons (Fsp3) is 0.385. The summed E-state index contributed by atoms with van der Waals surface area (Å²) in [4.78, 5) is 32.4. The Morgan fingerprint density at radius 2 is 1.76 bits per heavy atom. The van der Waals surface area contributed by atoms with Crippen molar-refractivity contribution in [1.29, 1.82) is 5.26 Å². The van der Waals surface area contributed by atoms with Crippen LogP contribution in [0, 0.1) is 17.2 Å². The Morgan fingerprint density at radius 3 is 2.29 bits per heavy atom. The number of nitrogens with zero attached hydrogens (tertiary/aromatic N) is 3. The number of ether oxygens (including phenoxy) is 4. The van der Waals surface area contributed by atoms with Crippen molar-refractivity contribution in [1.82, 2.24) is 9.88 Å². The topological polar surface area (TPSA) is 163 Å². The Morgan fingerprint density at radius 1 is 1.13 bits per heavy atom. The number of piperidine rings is 1. The van der Waals surface area contributed by atoms with E-state index in [1.807, 2.05) is 0 Å². The molecule has 0 saturated carbocycles. The van der Waals surface area contributed by atoms with Gasteiger partial charge in [0.15, 0.2) is 11.5 Å². The normalized spacial score (nSPS) is 13.7. The molecule has 0 spiro atoms. The van der Waals surface area contributed by atoms with Crippen LogP contribution in [-0.2, 0) is 9.53 Å². The number of pyridine rings is 1. The van der Waals surface area contributed by atoms with Gasteiger partial charge in [-0.15, -0.1) is 11.3 Å². The van der Waals surface area contributed by atoms with E-state index in [1.54, 1.807) is 24.0 Å². The monoisotopic (exact) mass is 539 g/mol. The first-order chi connectivity index (χ1) is 18.3.